The lowest BCUT2D eigenvalue weighted by Crippen LogP contribution is -1.84. The van der Waals surface area contributed by atoms with Gasteiger partial charge in [-0.2, -0.15) is 0 Å². The van der Waals surface area contributed by atoms with Crippen LogP contribution in [-0.2, 0) is 0 Å². The van der Waals surface area contributed by atoms with E-state index in [0.29, 0.717) is 37.7 Å². The van der Waals surface area contributed by atoms with E-state index in [1.54, 1.807) is 24.3 Å². The molecule has 0 bridgehead atoms. The maximum Gasteiger partial charge on any atom is 0.227 e. The number of nitrogens with two attached hydrogens (primary N) is 1. The lowest BCUT2D eigenvalue weighted by molar-refractivity contribution is 0.613. The SMILES string of the molecule is Nc1cc2oc(-c3ccc(F)c(Br)c3)nc2cc1Cl. The summed E-state index contributed by atoms with van der Waals surface area (Å²) < 4.78 is 19.1. The van der Waals surface area contributed by atoms with Crippen LogP contribution in [0.1, 0.15) is 0 Å². The number of nitrogen functional groups attached to an aromatic ring is 1. The van der Waals surface area contributed by atoms with Gasteiger partial charge in [-0.1, -0.05) is 11.6 Å². The lowest BCUT2D eigenvalue weighted by atomic mass is 10.2. The molecule has 1 aromatic heterocycles. The van der Waals surface area contributed by atoms with Crippen molar-refractivity contribution in [1.29, 1.82) is 0 Å². The molecule has 0 radical (unpaired) electrons. The standard InChI is InChI=1S/C13H7BrClFN2O/c14-7-3-6(1-2-9(7)16)13-18-11-4-8(15)10(17)5-12(11)19-13/h1-5H,17H2. The van der Waals surface area contributed by atoms with E-state index in [4.69, 9.17) is 21.8 Å². The molecule has 3 rings (SSSR count). The smallest absolute Gasteiger partial charge is 0.227 e. The van der Waals surface area contributed by atoms with Gasteiger partial charge in [-0.25, -0.2) is 9.37 Å². The second kappa shape index (κ2) is 4.51. The van der Waals surface area contributed by atoms with Gasteiger partial charge in [-0.15, -0.1) is 0 Å². The molecular formula is C13H7BrClFN2O. The highest BCUT2D eigenvalue weighted by atomic mass is 79.9. The molecule has 96 valence electrons. The van der Waals surface area contributed by atoms with E-state index in [0.717, 1.165) is 0 Å². The second-order valence-electron chi connectivity index (χ2n) is 3.99. The average molecular weight is 342 g/mol. The number of anilines is 1. The molecule has 0 saturated carbocycles. The molecule has 0 aliphatic heterocycles. The summed E-state index contributed by atoms with van der Waals surface area (Å²) in [6.45, 7) is 0. The van der Waals surface area contributed by atoms with Crippen molar-refractivity contribution in [2.45, 2.75) is 0 Å². The molecule has 0 atom stereocenters. The number of halogens is 3. The number of rotatable bonds is 1. The maximum absolute atomic E-state index is 13.2. The Labute approximate surface area is 121 Å². The molecule has 0 aliphatic rings. The maximum atomic E-state index is 13.2. The Morgan fingerprint density at radius 2 is 2.05 bits per heavy atom. The third-order valence-electron chi connectivity index (χ3n) is 2.67. The van der Waals surface area contributed by atoms with Crippen molar-refractivity contribution in [3.8, 4) is 11.5 Å². The lowest BCUT2D eigenvalue weighted by Gasteiger charge is -1.97. The van der Waals surface area contributed by atoms with Crippen molar-refractivity contribution in [2.75, 3.05) is 5.73 Å². The van der Waals surface area contributed by atoms with Crippen LogP contribution in [0.3, 0.4) is 0 Å². The number of hydrogen-bond donors (Lipinski definition) is 1. The molecule has 0 saturated heterocycles. The average Bonchev–Trinajstić information content (AvgIpc) is 2.76. The Bertz CT molecular complexity index is 749. The van der Waals surface area contributed by atoms with E-state index in [2.05, 4.69) is 20.9 Å². The van der Waals surface area contributed by atoms with Crippen LogP contribution in [0.25, 0.3) is 22.6 Å². The Morgan fingerprint density at radius 1 is 1.26 bits per heavy atom. The molecular weight excluding hydrogens is 335 g/mol. The first-order valence-corrected chi connectivity index (χ1v) is 6.52. The van der Waals surface area contributed by atoms with Crippen molar-refractivity contribution < 1.29 is 8.81 Å². The summed E-state index contributed by atoms with van der Waals surface area (Å²) in [5.41, 5.74) is 7.94. The van der Waals surface area contributed by atoms with Gasteiger partial charge in [0, 0.05) is 11.6 Å². The molecule has 0 spiro atoms. The van der Waals surface area contributed by atoms with Gasteiger partial charge in [0.25, 0.3) is 0 Å². The Hall–Kier alpha value is -1.59. The zero-order valence-electron chi connectivity index (χ0n) is 9.45. The number of aromatic nitrogens is 1. The Balaban J connectivity index is 2.17. The molecule has 2 aromatic carbocycles. The summed E-state index contributed by atoms with van der Waals surface area (Å²) in [6, 6.07) is 7.79. The van der Waals surface area contributed by atoms with Gasteiger partial charge in [0.15, 0.2) is 5.58 Å². The monoisotopic (exact) mass is 340 g/mol. The summed E-state index contributed by atoms with van der Waals surface area (Å²) in [4.78, 5) is 4.31. The van der Waals surface area contributed by atoms with Crippen molar-refractivity contribution in [3.63, 3.8) is 0 Å². The quantitative estimate of drug-likeness (QED) is 0.656. The van der Waals surface area contributed by atoms with Crippen molar-refractivity contribution >= 4 is 44.3 Å². The minimum Gasteiger partial charge on any atom is -0.436 e. The van der Waals surface area contributed by atoms with Gasteiger partial charge in [0.1, 0.15) is 11.3 Å². The van der Waals surface area contributed by atoms with Crippen molar-refractivity contribution in [3.05, 3.63) is 45.6 Å². The summed E-state index contributed by atoms with van der Waals surface area (Å²) in [7, 11) is 0. The van der Waals surface area contributed by atoms with Crippen LogP contribution in [0.15, 0.2) is 39.2 Å². The molecule has 3 nitrogen and oxygen atoms in total. The summed E-state index contributed by atoms with van der Waals surface area (Å²) >= 11 is 9.05. The zero-order chi connectivity index (χ0) is 13.6. The van der Waals surface area contributed by atoms with Crippen molar-refractivity contribution in [2.24, 2.45) is 0 Å². The van der Waals surface area contributed by atoms with Gasteiger partial charge >= 0.3 is 0 Å². The number of hydrogen-bond acceptors (Lipinski definition) is 3. The van der Waals surface area contributed by atoms with E-state index in [1.807, 2.05) is 0 Å². The highest BCUT2D eigenvalue weighted by molar-refractivity contribution is 9.10. The molecule has 3 aromatic rings. The van der Waals surface area contributed by atoms with Crippen LogP contribution in [0.5, 0.6) is 0 Å². The van der Waals surface area contributed by atoms with Crippen LogP contribution >= 0.6 is 27.5 Å². The number of oxazole rings is 1. The summed E-state index contributed by atoms with van der Waals surface area (Å²) in [5.74, 6) is 0.0458. The van der Waals surface area contributed by atoms with Gasteiger partial charge in [-0.3, -0.25) is 0 Å². The van der Waals surface area contributed by atoms with E-state index in [1.165, 1.54) is 6.07 Å². The van der Waals surface area contributed by atoms with Crippen LogP contribution in [0.4, 0.5) is 10.1 Å². The first-order chi connectivity index (χ1) is 9.04. The molecule has 0 amide bonds. The minimum atomic E-state index is -0.341. The molecule has 6 heteroatoms. The molecule has 1 heterocycles. The van der Waals surface area contributed by atoms with E-state index < -0.39 is 0 Å². The molecule has 2 N–H and O–H groups in total. The summed E-state index contributed by atoms with van der Waals surface area (Å²) in [5, 5.41) is 0.424. The fourth-order valence-corrected chi connectivity index (χ4v) is 2.25. The number of benzene rings is 2. The third kappa shape index (κ3) is 2.19. The molecule has 0 aliphatic carbocycles. The number of nitrogens with zero attached hydrogens (tertiary/aromatic N) is 1. The highest BCUT2D eigenvalue weighted by Gasteiger charge is 2.11. The predicted octanol–water partition coefficient (Wildman–Crippen LogP) is 4.63. The third-order valence-corrected chi connectivity index (χ3v) is 3.61. The summed E-state index contributed by atoms with van der Waals surface area (Å²) in [6.07, 6.45) is 0. The second-order valence-corrected chi connectivity index (χ2v) is 5.25. The van der Waals surface area contributed by atoms with E-state index in [-0.39, 0.29) is 5.82 Å². The van der Waals surface area contributed by atoms with Gasteiger partial charge in [0.2, 0.25) is 5.89 Å². The van der Waals surface area contributed by atoms with Crippen LogP contribution < -0.4 is 5.73 Å². The fraction of sp³-hybridized carbons (Fsp3) is 0. The predicted molar refractivity (Wildman–Crippen MR) is 76.5 cm³/mol. The topological polar surface area (TPSA) is 52.0 Å². The first-order valence-electron chi connectivity index (χ1n) is 5.35. The minimum absolute atomic E-state index is 0.341. The first kappa shape index (κ1) is 12.4. The molecule has 19 heavy (non-hydrogen) atoms. The Kier molecular flexibility index (Phi) is 2.95. The van der Waals surface area contributed by atoms with Crippen LogP contribution in [-0.4, -0.2) is 4.98 Å². The van der Waals surface area contributed by atoms with Gasteiger partial charge < -0.3 is 10.2 Å². The molecule has 0 unspecified atom stereocenters. The van der Waals surface area contributed by atoms with Crippen LogP contribution in [0, 0.1) is 5.82 Å². The van der Waals surface area contributed by atoms with E-state index in [9.17, 15) is 4.39 Å². The van der Waals surface area contributed by atoms with Gasteiger partial charge in [-0.05, 0) is 40.2 Å². The normalized spacial score (nSPS) is 11.1. The van der Waals surface area contributed by atoms with Gasteiger partial charge in [0.05, 0.1) is 15.2 Å². The van der Waals surface area contributed by atoms with E-state index >= 15 is 0 Å². The fourth-order valence-electron chi connectivity index (χ4n) is 1.72. The highest BCUT2D eigenvalue weighted by Crippen LogP contribution is 2.31. The molecule has 0 fully saturated rings. The number of fused-ring (bicyclic) bond motifs is 1. The zero-order valence-corrected chi connectivity index (χ0v) is 11.8. The van der Waals surface area contributed by atoms with Crippen molar-refractivity contribution in [1.82, 2.24) is 4.98 Å². The largest absolute Gasteiger partial charge is 0.436 e. The Morgan fingerprint density at radius 3 is 2.79 bits per heavy atom. The van der Waals surface area contributed by atoms with Crippen LogP contribution in [0.2, 0.25) is 5.02 Å².